The first-order valence-electron chi connectivity index (χ1n) is 8.65. The summed E-state index contributed by atoms with van der Waals surface area (Å²) >= 11 is 0. The number of likely N-dealkylation sites (tertiary alicyclic amines) is 1. The summed E-state index contributed by atoms with van der Waals surface area (Å²) in [6.07, 6.45) is 2.29. The van der Waals surface area contributed by atoms with Crippen LogP contribution in [-0.2, 0) is 9.59 Å². The number of hydrazine groups is 1. The van der Waals surface area contributed by atoms with E-state index in [4.69, 9.17) is 9.47 Å². The Kier molecular flexibility index (Phi) is 4.46. The van der Waals surface area contributed by atoms with Gasteiger partial charge in [-0.25, -0.2) is 5.43 Å². The highest BCUT2D eigenvalue weighted by Crippen LogP contribution is 2.34. The maximum Gasteiger partial charge on any atom is 0.235 e. The zero-order valence-corrected chi connectivity index (χ0v) is 13.9. The number of hydrogen-bond acceptors (Lipinski definition) is 6. The number of piperidine rings is 1. The van der Waals surface area contributed by atoms with Gasteiger partial charge >= 0.3 is 0 Å². The average molecular weight is 346 g/mol. The minimum atomic E-state index is -0.0795. The fraction of sp³-hybridized carbons (Fsp3) is 0.529. The molecule has 0 saturated carbocycles. The summed E-state index contributed by atoms with van der Waals surface area (Å²) in [4.78, 5) is 26.5. The Bertz CT molecular complexity index is 681. The van der Waals surface area contributed by atoms with Gasteiger partial charge in [-0.2, -0.15) is 0 Å². The number of benzene rings is 1. The molecule has 25 heavy (non-hydrogen) atoms. The summed E-state index contributed by atoms with van der Waals surface area (Å²) in [6, 6.07) is 5.56. The molecule has 8 nitrogen and oxygen atoms in total. The normalized spacial score (nSPS) is 26.2. The molecule has 8 heteroatoms. The van der Waals surface area contributed by atoms with Crippen LogP contribution in [0.4, 0.5) is 5.69 Å². The maximum atomic E-state index is 12.7. The van der Waals surface area contributed by atoms with Gasteiger partial charge in [-0.1, -0.05) is 0 Å². The Balaban J connectivity index is 1.37. The number of nitrogens with zero attached hydrogens (tertiary/aromatic N) is 1. The van der Waals surface area contributed by atoms with Crippen molar-refractivity contribution in [1.29, 1.82) is 0 Å². The molecule has 3 N–H and O–H groups in total. The molecular formula is C17H22N4O4. The first-order chi connectivity index (χ1) is 12.2. The number of anilines is 1. The molecular weight excluding hydrogens is 324 g/mol. The Labute approximate surface area is 145 Å². The van der Waals surface area contributed by atoms with Crippen molar-refractivity contribution in [3.63, 3.8) is 0 Å². The molecule has 3 heterocycles. The van der Waals surface area contributed by atoms with Gasteiger partial charge in [-0.05, 0) is 31.5 Å². The van der Waals surface area contributed by atoms with Crippen LogP contribution in [0.25, 0.3) is 0 Å². The Morgan fingerprint density at radius 1 is 1.28 bits per heavy atom. The molecule has 0 radical (unpaired) electrons. The third kappa shape index (κ3) is 3.54. The summed E-state index contributed by atoms with van der Waals surface area (Å²) in [7, 11) is 0. The standard InChI is InChI=1S/C17H22N4O4/c22-16-7-13(8-18-20-16)21-5-1-2-11(9-21)17(23)19-12-3-4-14-15(6-12)25-10-24-14/h3-4,6,11,13,18H,1-2,5,7-10H2,(H,19,23)(H,20,22). The van der Waals surface area contributed by atoms with E-state index in [1.165, 1.54) is 0 Å². The van der Waals surface area contributed by atoms with Gasteiger partial charge in [0.1, 0.15) is 0 Å². The van der Waals surface area contributed by atoms with E-state index in [-0.39, 0.29) is 30.6 Å². The first kappa shape index (κ1) is 16.2. The quantitative estimate of drug-likeness (QED) is 0.736. The predicted octanol–water partition coefficient (Wildman–Crippen LogP) is 0.459. The van der Waals surface area contributed by atoms with Crippen LogP contribution in [0, 0.1) is 5.92 Å². The number of nitrogens with one attached hydrogen (secondary N) is 3. The van der Waals surface area contributed by atoms with E-state index in [9.17, 15) is 9.59 Å². The molecule has 2 fully saturated rings. The molecule has 1 aromatic rings. The molecule has 3 aliphatic heterocycles. The lowest BCUT2D eigenvalue weighted by Gasteiger charge is -2.39. The van der Waals surface area contributed by atoms with Gasteiger partial charge in [0.15, 0.2) is 11.5 Å². The van der Waals surface area contributed by atoms with Crippen LogP contribution in [0.2, 0.25) is 0 Å². The highest BCUT2D eigenvalue weighted by Gasteiger charge is 2.32. The van der Waals surface area contributed by atoms with Gasteiger partial charge in [-0.15, -0.1) is 0 Å². The van der Waals surface area contributed by atoms with Crippen molar-refractivity contribution in [2.45, 2.75) is 25.3 Å². The number of carbonyl (C=O) groups is 2. The largest absolute Gasteiger partial charge is 0.454 e. The van der Waals surface area contributed by atoms with Crippen molar-refractivity contribution in [2.75, 3.05) is 31.7 Å². The van der Waals surface area contributed by atoms with E-state index in [0.717, 1.165) is 19.4 Å². The Morgan fingerprint density at radius 3 is 3.04 bits per heavy atom. The number of amides is 2. The molecule has 2 amide bonds. The van der Waals surface area contributed by atoms with Gasteiger partial charge in [0.2, 0.25) is 18.6 Å². The fourth-order valence-electron chi connectivity index (χ4n) is 3.63. The minimum Gasteiger partial charge on any atom is -0.454 e. The number of ether oxygens (including phenoxy) is 2. The van der Waals surface area contributed by atoms with Crippen molar-refractivity contribution in [1.82, 2.24) is 15.8 Å². The lowest BCUT2D eigenvalue weighted by molar-refractivity contribution is -0.126. The third-order valence-corrected chi connectivity index (χ3v) is 4.97. The number of fused-ring (bicyclic) bond motifs is 1. The van der Waals surface area contributed by atoms with E-state index >= 15 is 0 Å². The van der Waals surface area contributed by atoms with Crippen LogP contribution in [0.5, 0.6) is 11.5 Å². The van der Waals surface area contributed by atoms with Crippen LogP contribution < -0.4 is 25.6 Å². The lowest BCUT2D eigenvalue weighted by atomic mass is 9.94. The fourth-order valence-corrected chi connectivity index (χ4v) is 3.63. The molecule has 1 aromatic carbocycles. The van der Waals surface area contributed by atoms with Gasteiger partial charge in [-0.3, -0.25) is 19.9 Å². The third-order valence-electron chi connectivity index (χ3n) is 4.97. The highest BCUT2D eigenvalue weighted by atomic mass is 16.7. The molecule has 0 bridgehead atoms. The van der Waals surface area contributed by atoms with E-state index in [1.807, 2.05) is 6.07 Å². The summed E-state index contributed by atoms with van der Waals surface area (Å²) < 4.78 is 10.6. The summed E-state index contributed by atoms with van der Waals surface area (Å²) in [5, 5.41) is 2.98. The molecule has 2 saturated heterocycles. The predicted molar refractivity (Wildman–Crippen MR) is 90.0 cm³/mol. The van der Waals surface area contributed by atoms with Crippen LogP contribution in [0.15, 0.2) is 18.2 Å². The molecule has 0 aromatic heterocycles. The van der Waals surface area contributed by atoms with E-state index in [1.54, 1.807) is 12.1 Å². The molecule has 134 valence electrons. The first-order valence-corrected chi connectivity index (χ1v) is 8.65. The van der Waals surface area contributed by atoms with Crippen molar-refractivity contribution < 1.29 is 19.1 Å². The zero-order valence-electron chi connectivity index (χ0n) is 13.9. The second-order valence-electron chi connectivity index (χ2n) is 6.68. The number of hydrogen-bond donors (Lipinski definition) is 3. The summed E-state index contributed by atoms with van der Waals surface area (Å²) in [6.45, 7) is 2.53. The molecule has 0 spiro atoms. The minimum absolute atomic E-state index is 0.00295. The van der Waals surface area contributed by atoms with E-state index in [0.29, 0.717) is 36.7 Å². The van der Waals surface area contributed by atoms with Gasteiger partial charge < -0.3 is 14.8 Å². The summed E-state index contributed by atoms with van der Waals surface area (Å²) in [5.41, 5.74) is 6.26. The van der Waals surface area contributed by atoms with Crippen LogP contribution >= 0.6 is 0 Å². The smallest absolute Gasteiger partial charge is 0.235 e. The van der Waals surface area contributed by atoms with Crippen molar-refractivity contribution in [3.05, 3.63) is 18.2 Å². The van der Waals surface area contributed by atoms with Crippen LogP contribution in [0.3, 0.4) is 0 Å². The molecule has 0 aliphatic carbocycles. The van der Waals surface area contributed by atoms with E-state index < -0.39 is 0 Å². The number of carbonyl (C=O) groups excluding carboxylic acids is 2. The van der Waals surface area contributed by atoms with Gasteiger partial charge in [0, 0.05) is 37.3 Å². The van der Waals surface area contributed by atoms with Gasteiger partial charge in [0.05, 0.1) is 5.92 Å². The number of rotatable bonds is 3. The van der Waals surface area contributed by atoms with Gasteiger partial charge in [0.25, 0.3) is 0 Å². The van der Waals surface area contributed by atoms with Crippen LogP contribution in [-0.4, -0.2) is 49.2 Å². The monoisotopic (exact) mass is 346 g/mol. The van der Waals surface area contributed by atoms with Crippen molar-refractivity contribution in [2.24, 2.45) is 5.92 Å². The molecule has 2 unspecified atom stereocenters. The zero-order chi connectivity index (χ0) is 17.2. The topological polar surface area (TPSA) is 91.9 Å². The molecule has 3 aliphatic rings. The van der Waals surface area contributed by atoms with Crippen molar-refractivity contribution >= 4 is 17.5 Å². The van der Waals surface area contributed by atoms with Crippen LogP contribution in [0.1, 0.15) is 19.3 Å². The Morgan fingerprint density at radius 2 is 2.16 bits per heavy atom. The maximum absolute atomic E-state index is 12.7. The Hall–Kier alpha value is -2.32. The lowest BCUT2D eigenvalue weighted by Crippen LogP contribution is -2.57. The SMILES string of the molecule is O=C1CC(N2CCCC(C(=O)Nc3ccc4c(c3)OCO4)C2)CNN1. The average Bonchev–Trinajstić information content (AvgIpc) is 3.09. The summed E-state index contributed by atoms with van der Waals surface area (Å²) in [5.74, 6) is 1.29. The van der Waals surface area contributed by atoms with E-state index in [2.05, 4.69) is 21.1 Å². The second-order valence-corrected chi connectivity index (χ2v) is 6.68. The highest BCUT2D eigenvalue weighted by molar-refractivity contribution is 5.93. The second kappa shape index (κ2) is 6.89. The molecule has 4 rings (SSSR count). The molecule has 2 atom stereocenters. The van der Waals surface area contributed by atoms with Crippen molar-refractivity contribution in [3.8, 4) is 11.5 Å².